The fraction of sp³-hybridized carbons (Fsp3) is 0.421. The van der Waals surface area contributed by atoms with Crippen LogP contribution in [0.1, 0.15) is 50.4 Å². The van der Waals surface area contributed by atoms with E-state index in [0.29, 0.717) is 6.04 Å². The summed E-state index contributed by atoms with van der Waals surface area (Å²) >= 11 is 0. The molecule has 0 aliphatic heterocycles. The van der Waals surface area contributed by atoms with E-state index in [9.17, 15) is 0 Å². The van der Waals surface area contributed by atoms with Crippen LogP contribution in [0.25, 0.3) is 0 Å². The SMILES string of the molecule is CCNC(Cc1cccnc1)c1ccc(C(C)(C)C)cc1. The Hall–Kier alpha value is -1.67. The van der Waals surface area contributed by atoms with Gasteiger partial charge in [-0.25, -0.2) is 0 Å². The first-order valence-corrected chi connectivity index (χ1v) is 7.73. The molecule has 1 heterocycles. The first kappa shape index (κ1) is 15.7. The lowest BCUT2D eigenvalue weighted by Crippen LogP contribution is -2.23. The quantitative estimate of drug-likeness (QED) is 0.885. The van der Waals surface area contributed by atoms with Crippen LogP contribution in [-0.4, -0.2) is 11.5 Å². The second kappa shape index (κ2) is 6.86. The Morgan fingerprint density at radius 1 is 1.10 bits per heavy atom. The number of nitrogens with zero attached hydrogens (tertiary/aromatic N) is 1. The molecule has 2 nitrogen and oxygen atoms in total. The summed E-state index contributed by atoms with van der Waals surface area (Å²) in [6, 6.07) is 13.5. The lowest BCUT2D eigenvalue weighted by atomic mass is 9.86. The summed E-state index contributed by atoms with van der Waals surface area (Å²) in [6.45, 7) is 9.87. The van der Waals surface area contributed by atoms with Gasteiger partial charge in [-0.1, -0.05) is 58.0 Å². The maximum Gasteiger partial charge on any atom is 0.0361 e. The standard InChI is InChI=1S/C19H26N2/c1-5-21-18(13-15-7-6-12-20-14-15)16-8-10-17(11-9-16)19(2,3)4/h6-12,14,18,21H,5,13H2,1-4H3. The van der Waals surface area contributed by atoms with Crippen LogP contribution in [0, 0.1) is 0 Å². The highest BCUT2D eigenvalue weighted by atomic mass is 14.9. The van der Waals surface area contributed by atoms with E-state index in [1.165, 1.54) is 16.7 Å². The summed E-state index contributed by atoms with van der Waals surface area (Å²) in [6.07, 6.45) is 4.74. The van der Waals surface area contributed by atoms with Crippen molar-refractivity contribution in [2.75, 3.05) is 6.54 Å². The van der Waals surface area contributed by atoms with Gasteiger partial charge in [0, 0.05) is 18.4 Å². The van der Waals surface area contributed by atoms with Crippen molar-refractivity contribution in [3.8, 4) is 0 Å². The molecular formula is C19H26N2. The predicted octanol–water partition coefficient (Wildman–Crippen LogP) is 4.27. The first-order chi connectivity index (χ1) is 10.0. The van der Waals surface area contributed by atoms with Crippen molar-refractivity contribution in [3.05, 3.63) is 65.5 Å². The van der Waals surface area contributed by atoms with E-state index in [4.69, 9.17) is 0 Å². The maximum absolute atomic E-state index is 4.21. The molecule has 21 heavy (non-hydrogen) atoms. The summed E-state index contributed by atoms with van der Waals surface area (Å²) in [5.74, 6) is 0. The molecule has 1 unspecified atom stereocenters. The first-order valence-electron chi connectivity index (χ1n) is 7.73. The molecular weight excluding hydrogens is 256 g/mol. The third-order valence-corrected chi connectivity index (χ3v) is 3.79. The van der Waals surface area contributed by atoms with Gasteiger partial charge in [-0.05, 0) is 41.1 Å². The normalized spacial score (nSPS) is 13.1. The van der Waals surface area contributed by atoms with Gasteiger partial charge in [0.2, 0.25) is 0 Å². The summed E-state index contributed by atoms with van der Waals surface area (Å²) in [5, 5.41) is 3.58. The fourth-order valence-corrected chi connectivity index (χ4v) is 2.52. The Morgan fingerprint density at radius 3 is 2.33 bits per heavy atom. The zero-order valence-electron chi connectivity index (χ0n) is 13.6. The number of likely N-dealkylation sites (N-methyl/N-ethyl adjacent to an activating group) is 1. The molecule has 0 aliphatic rings. The van der Waals surface area contributed by atoms with Gasteiger partial charge in [-0.2, -0.15) is 0 Å². The van der Waals surface area contributed by atoms with Crippen LogP contribution in [0.4, 0.5) is 0 Å². The summed E-state index contributed by atoms with van der Waals surface area (Å²) in [5.41, 5.74) is 4.19. The largest absolute Gasteiger partial charge is 0.310 e. The van der Waals surface area contributed by atoms with E-state index in [0.717, 1.165) is 13.0 Å². The Balaban J connectivity index is 2.18. The third kappa shape index (κ3) is 4.40. The number of hydrogen-bond acceptors (Lipinski definition) is 2. The molecule has 2 rings (SSSR count). The van der Waals surface area contributed by atoms with Crippen molar-refractivity contribution in [1.29, 1.82) is 0 Å². The minimum absolute atomic E-state index is 0.204. The maximum atomic E-state index is 4.21. The zero-order chi connectivity index (χ0) is 15.3. The highest BCUT2D eigenvalue weighted by molar-refractivity contribution is 5.30. The number of benzene rings is 1. The minimum atomic E-state index is 0.204. The number of rotatable bonds is 5. The van der Waals surface area contributed by atoms with Crippen LogP contribution in [0.3, 0.4) is 0 Å². The van der Waals surface area contributed by atoms with Crippen molar-refractivity contribution in [2.45, 2.75) is 45.6 Å². The summed E-state index contributed by atoms with van der Waals surface area (Å²) in [4.78, 5) is 4.21. The molecule has 2 aromatic rings. The smallest absolute Gasteiger partial charge is 0.0361 e. The topological polar surface area (TPSA) is 24.9 Å². The number of pyridine rings is 1. The molecule has 1 atom stereocenters. The van der Waals surface area contributed by atoms with Crippen LogP contribution < -0.4 is 5.32 Å². The van der Waals surface area contributed by atoms with E-state index in [2.05, 4.69) is 68.3 Å². The van der Waals surface area contributed by atoms with E-state index in [-0.39, 0.29) is 5.41 Å². The molecule has 0 radical (unpaired) electrons. The van der Waals surface area contributed by atoms with Crippen LogP contribution in [0.5, 0.6) is 0 Å². The van der Waals surface area contributed by atoms with Crippen molar-refractivity contribution in [3.63, 3.8) is 0 Å². The van der Waals surface area contributed by atoms with Gasteiger partial charge in [-0.15, -0.1) is 0 Å². The van der Waals surface area contributed by atoms with Crippen molar-refractivity contribution >= 4 is 0 Å². The Bertz CT molecular complexity index is 538. The molecule has 0 bridgehead atoms. The van der Waals surface area contributed by atoms with Gasteiger partial charge < -0.3 is 5.32 Å². The molecule has 0 fully saturated rings. The van der Waals surface area contributed by atoms with Crippen molar-refractivity contribution in [2.24, 2.45) is 0 Å². The summed E-state index contributed by atoms with van der Waals surface area (Å²) in [7, 11) is 0. The lowest BCUT2D eigenvalue weighted by molar-refractivity contribution is 0.547. The van der Waals surface area contributed by atoms with Gasteiger partial charge in [0.1, 0.15) is 0 Å². The zero-order valence-corrected chi connectivity index (χ0v) is 13.6. The van der Waals surface area contributed by atoms with E-state index in [1.54, 1.807) is 0 Å². The highest BCUT2D eigenvalue weighted by Gasteiger charge is 2.15. The lowest BCUT2D eigenvalue weighted by Gasteiger charge is -2.22. The van der Waals surface area contributed by atoms with Crippen LogP contribution in [0.2, 0.25) is 0 Å². The molecule has 0 amide bonds. The van der Waals surface area contributed by atoms with E-state index in [1.807, 2.05) is 18.5 Å². The molecule has 0 aliphatic carbocycles. The van der Waals surface area contributed by atoms with Crippen molar-refractivity contribution < 1.29 is 0 Å². The number of nitrogens with one attached hydrogen (secondary N) is 1. The number of hydrogen-bond donors (Lipinski definition) is 1. The van der Waals surface area contributed by atoms with E-state index >= 15 is 0 Å². The second-order valence-corrected chi connectivity index (χ2v) is 6.55. The van der Waals surface area contributed by atoms with Crippen molar-refractivity contribution in [1.82, 2.24) is 10.3 Å². The molecule has 112 valence electrons. The average molecular weight is 282 g/mol. The highest BCUT2D eigenvalue weighted by Crippen LogP contribution is 2.25. The third-order valence-electron chi connectivity index (χ3n) is 3.79. The monoisotopic (exact) mass is 282 g/mol. The molecule has 1 N–H and O–H groups in total. The fourth-order valence-electron chi connectivity index (χ4n) is 2.52. The Morgan fingerprint density at radius 2 is 1.81 bits per heavy atom. The molecule has 0 spiro atoms. The van der Waals surface area contributed by atoms with Gasteiger partial charge >= 0.3 is 0 Å². The van der Waals surface area contributed by atoms with Crippen LogP contribution >= 0.6 is 0 Å². The molecule has 1 aromatic heterocycles. The molecule has 2 heteroatoms. The van der Waals surface area contributed by atoms with Gasteiger partial charge in [0.15, 0.2) is 0 Å². The van der Waals surface area contributed by atoms with E-state index < -0.39 is 0 Å². The van der Waals surface area contributed by atoms with Crippen LogP contribution in [-0.2, 0) is 11.8 Å². The van der Waals surface area contributed by atoms with Crippen LogP contribution in [0.15, 0.2) is 48.8 Å². The second-order valence-electron chi connectivity index (χ2n) is 6.55. The molecule has 1 aromatic carbocycles. The Labute approximate surface area is 128 Å². The summed E-state index contributed by atoms with van der Waals surface area (Å²) < 4.78 is 0. The van der Waals surface area contributed by atoms with Gasteiger partial charge in [-0.3, -0.25) is 4.98 Å². The molecule has 0 saturated heterocycles. The number of aromatic nitrogens is 1. The van der Waals surface area contributed by atoms with Gasteiger partial charge in [0.05, 0.1) is 0 Å². The minimum Gasteiger partial charge on any atom is -0.310 e. The Kier molecular flexibility index (Phi) is 5.13. The average Bonchev–Trinajstić information content (AvgIpc) is 2.47. The molecule has 0 saturated carbocycles. The van der Waals surface area contributed by atoms with Gasteiger partial charge in [0.25, 0.3) is 0 Å². The predicted molar refractivity (Wildman–Crippen MR) is 89.5 cm³/mol.